The smallest absolute Gasteiger partial charge is 0.422 e. The van der Waals surface area contributed by atoms with Gasteiger partial charge in [-0.15, -0.1) is 24.0 Å². The van der Waals surface area contributed by atoms with E-state index in [9.17, 15) is 13.2 Å². The van der Waals surface area contributed by atoms with Crippen LogP contribution in [0.2, 0.25) is 0 Å². The van der Waals surface area contributed by atoms with Gasteiger partial charge >= 0.3 is 6.18 Å². The summed E-state index contributed by atoms with van der Waals surface area (Å²) in [5.74, 6) is 0.929. The minimum Gasteiger partial charge on any atom is -0.484 e. The third-order valence-corrected chi connectivity index (χ3v) is 2.66. The van der Waals surface area contributed by atoms with Crippen LogP contribution in [-0.4, -0.2) is 31.8 Å². The van der Waals surface area contributed by atoms with Crippen LogP contribution in [0.5, 0.6) is 5.75 Å². The van der Waals surface area contributed by atoms with Crippen molar-refractivity contribution < 1.29 is 17.9 Å². The summed E-state index contributed by atoms with van der Waals surface area (Å²) < 4.78 is 40.9. The molecule has 1 aliphatic rings. The maximum atomic E-state index is 12.1. The average molecular weight is 415 g/mol. The van der Waals surface area contributed by atoms with Crippen LogP contribution in [0.4, 0.5) is 13.2 Å². The lowest BCUT2D eigenvalue weighted by atomic mass is 10.2. The largest absolute Gasteiger partial charge is 0.484 e. The molecule has 0 saturated heterocycles. The molecule has 118 valence electrons. The molecule has 1 heterocycles. The summed E-state index contributed by atoms with van der Waals surface area (Å²) in [5, 5.41) is 6.21. The number of halogens is 4. The zero-order valence-electron chi connectivity index (χ0n) is 11.2. The fraction of sp³-hybridized carbons (Fsp3) is 0.462. The first-order valence-electron chi connectivity index (χ1n) is 6.34. The number of hydrogen-bond acceptors (Lipinski definition) is 4. The first-order chi connectivity index (χ1) is 9.53. The van der Waals surface area contributed by atoms with Crippen molar-refractivity contribution >= 4 is 29.9 Å². The molecular formula is C13H17F3IN3O. The van der Waals surface area contributed by atoms with Crippen molar-refractivity contribution in [1.82, 2.24) is 10.6 Å². The van der Waals surface area contributed by atoms with Gasteiger partial charge in [-0.2, -0.15) is 13.2 Å². The lowest BCUT2D eigenvalue weighted by Crippen LogP contribution is -2.40. The normalized spacial score (nSPS) is 14.5. The topological polar surface area (TPSA) is 45.6 Å². The van der Waals surface area contributed by atoms with Crippen LogP contribution in [0.1, 0.15) is 12.0 Å². The van der Waals surface area contributed by atoms with Gasteiger partial charge in [0.25, 0.3) is 0 Å². The molecule has 2 rings (SSSR count). The second-order valence-corrected chi connectivity index (χ2v) is 4.42. The predicted octanol–water partition coefficient (Wildman–Crippen LogP) is 2.68. The Morgan fingerprint density at radius 1 is 1.33 bits per heavy atom. The number of hydrogen-bond donors (Lipinski definition) is 2. The van der Waals surface area contributed by atoms with Crippen LogP contribution in [0.15, 0.2) is 29.3 Å². The molecule has 2 N–H and O–H groups in total. The van der Waals surface area contributed by atoms with Crippen molar-refractivity contribution in [3.63, 3.8) is 0 Å². The third kappa shape index (κ3) is 6.87. The first kappa shape index (κ1) is 17.9. The monoisotopic (exact) mass is 415 g/mol. The van der Waals surface area contributed by atoms with E-state index in [4.69, 9.17) is 4.74 Å². The summed E-state index contributed by atoms with van der Waals surface area (Å²) in [6, 6.07) is 6.57. The van der Waals surface area contributed by atoms with Gasteiger partial charge < -0.3 is 15.4 Å². The Kier molecular flexibility index (Phi) is 7.06. The Hall–Kier alpha value is -1.19. The van der Waals surface area contributed by atoms with Crippen LogP contribution >= 0.6 is 24.0 Å². The second kappa shape index (κ2) is 8.30. The van der Waals surface area contributed by atoms with E-state index in [1.54, 1.807) is 12.1 Å². The summed E-state index contributed by atoms with van der Waals surface area (Å²) in [7, 11) is 0. The quantitative estimate of drug-likeness (QED) is 0.744. The Labute approximate surface area is 138 Å². The lowest BCUT2D eigenvalue weighted by molar-refractivity contribution is -0.153. The molecule has 4 nitrogen and oxygen atoms in total. The molecule has 0 fully saturated rings. The van der Waals surface area contributed by atoms with Crippen molar-refractivity contribution in [3.05, 3.63) is 29.8 Å². The van der Waals surface area contributed by atoms with Gasteiger partial charge in [0.15, 0.2) is 12.6 Å². The number of alkyl halides is 3. The maximum Gasteiger partial charge on any atom is 0.422 e. The fourth-order valence-corrected chi connectivity index (χ4v) is 1.75. The highest BCUT2D eigenvalue weighted by atomic mass is 127. The number of nitrogens with zero attached hydrogens (tertiary/aromatic N) is 1. The number of guanidine groups is 1. The lowest BCUT2D eigenvalue weighted by Gasteiger charge is -2.16. The number of nitrogens with one attached hydrogen (secondary N) is 2. The molecule has 0 bridgehead atoms. The predicted molar refractivity (Wildman–Crippen MR) is 85.2 cm³/mol. The molecule has 0 spiro atoms. The van der Waals surface area contributed by atoms with E-state index in [0.717, 1.165) is 31.0 Å². The summed E-state index contributed by atoms with van der Waals surface area (Å²) in [5.41, 5.74) is 0.833. The van der Waals surface area contributed by atoms with E-state index in [2.05, 4.69) is 15.6 Å². The molecule has 1 aromatic rings. The molecular weight excluding hydrogens is 398 g/mol. The molecule has 0 unspecified atom stereocenters. The molecule has 0 amide bonds. The highest BCUT2D eigenvalue weighted by molar-refractivity contribution is 14.0. The van der Waals surface area contributed by atoms with Crippen molar-refractivity contribution in [1.29, 1.82) is 0 Å². The zero-order valence-corrected chi connectivity index (χ0v) is 13.6. The Morgan fingerprint density at radius 2 is 2.14 bits per heavy atom. The SMILES string of the molecule is FC(F)(F)COc1cccc(CNC2=NCCCN2)c1.I. The van der Waals surface area contributed by atoms with Gasteiger partial charge in [-0.05, 0) is 24.1 Å². The fourth-order valence-electron chi connectivity index (χ4n) is 1.75. The van der Waals surface area contributed by atoms with Crippen LogP contribution < -0.4 is 15.4 Å². The molecule has 0 aromatic heterocycles. The molecule has 0 radical (unpaired) electrons. The van der Waals surface area contributed by atoms with Gasteiger partial charge in [-0.3, -0.25) is 4.99 Å². The van der Waals surface area contributed by atoms with Gasteiger partial charge in [-0.1, -0.05) is 12.1 Å². The van der Waals surface area contributed by atoms with Crippen molar-refractivity contribution in [2.45, 2.75) is 19.1 Å². The Balaban J connectivity index is 0.00000220. The maximum absolute atomic E-state index is 12.1. The van der Waals surface area contributed by atoms with E-state index >= 15 is 0 Å². The molecule has 0 atom stereocenters. The first-order valence-corrected chi connectivity index (χ1v) is 6.34. The van der Waals surface area contributed by atoms with Gasteiger partial charge in [0.1, 0.15) is 5.75 Å². The standard InChI is InChI=1S/C13H16F3N3O.HI/c14-13(15,16)9-20-11-4-1-3-10(7-11)8-19-12-17-5-2-6-18-12;/h1,3-4,7H,2,5-6,8-9H2,(H2,17,18,19);1H. The van der Waals surface area contributed by atoms with E-state index in [0.29, 0.717) is 6.54 Å². The zero-order chi connectivity index (χ0) is 14.4. The second-order valence-electron chi connectivity index (χ2n) is 4.42. The molecule has 1 aliphatic heterocycles. The van der Waals surface area contributed by atoms with Crippen LogP contribution in [0.25, 0.3) is 0 Å². The van der Waals surface area contributed by atoms with Crippen LogP contribution in [0, 0.1) is 0 Å². The minimum absolute atomic E-state index is 0. The highest BCUT2D eigenvalue weighted by Crippen LogP contribution is 2.19. The Bertz CT molecular complexity index is 480. The molecule has 1 aromatic carbocycles. The van der Waals surface area contributed by atoms with E-state index in [1.807, 2.05) is 6.07 Å². The highest BCUT2D eigenvalue weighted by Gasteiger charge is 2.28. The molecule has 0 saturated carbocycles. The van der Waals surface area contributed by atoms with Crippen molar-refractivity contribution in [2.75, 3.05) is 19.7 Å². The summed E-state index contributed by atoms with van der Waals surface area (Å²) in [6.07, 6.45) is -3.32. The van der Waals surface area contributed by atoms with Crippen LogP contribution in [-0.2, 0) is 6.54 Å². The molecule has 8 heteroatoms. The van der Waals surface area contributed by atoms with E-state index in [-0.39, 0.29) is 29.7 Å². The van der Waals surface area contributed by atoms with Gasteiger partial charge in [0.05, 0.1) is 0 Å². The summed E-state index contributed by atoms with van der Waals surface area (Å²) >= 11 is 0. The minimum atomic E-state index is -4.32. The number of benzene rings is 1. The van der Waals surface area contributed by atoms with Gasteiger partial charge in [-0.25, -0.2) is 0 Å². The number of rotatable bonds is 4. The average Bonchev–Trinajstić information content (AvgIpc) is 2.44. The Morgan fingerprint density at radius 3 is 2.81 bits per heavy atom. The van der Waals surface area contributed by atoms with Crippen molar-refractivity contribution in [3.8, 4) is 5.75 Å². The van der Waals surface area contributed by atoms with Crippen molar-refractivity contribution in [2.24, 2.45) is 4.99 Å². The van der Waals surface area contributed by atoms with Crippen LogP contribution in [0.3, 0.4) is 0 Å². The third-order valence-electron chi connectivity index (χ3n) is 2.66. The van der Waals surface area contributed by atoms with E-state index in [1.165, 1.54) is 6.07 Å². The number of ether oxygens (including phenoxy) is 1. The van der Waals surface area contributed by atoms with E-state index < -0.39 is 12.8 Å². The van der Waals surface area contributed by atoms with Gasteiger partial charge in [0, 0.05) is 19.6 Å². The summed E-state index contributed by atoms with van der Waals surface area (Å²) in [4.78, 5) is 4.25. The molecule has 21 heavy (non-hydrogen) atoms. The van der Waals surface area contributed by atoms with Gasteiger partial charge in [0.2, 0.25) is 0 Å². The summed E-state index contributed by atoms with van der Waals surface area (Å²) in [6.45, 7) is 0.859. The molecule has 0 aliphatic carbocycles. The number of aliphatic imine (C=N–C) groups is 1.